The zero-order valence-corrected chi connectivity index (χ0v) is 22.3. The lowest BCUT2D eigenvalue weighted by molar-refractivity contribution is 0.112. The number of aromatic nitrogens is 1. The molecule has 0 bridgehead atoms. The van der Waals surface area contributed by atoms with Gasteiger partial charge in [-0.3, -0.25) is 9.78 Å². The Hall–Kier alpha value is -5.54. The number of anilines is 3. The van der Waals surface area contributed by atoms with Crippen molar-refractivity contribution in [1.29, 1.82) is 0 Å². The molecule has 0 atom stereocenters. The van der Waals surface area contributed by atoms with Crippen LogP contribution < -0.4 is 4.90 Å². The first-order valence-electron chi connectivity index (χ1n) is 13.7. The van der Waals surface area contributed by atoms with Crippen molar-refractivity contribution < 1.29 is 4.79 Å². The first-order chi connectivity index (χ1) is 20.3. The van der Waals surface area contributed by atoms with Gasteiger partial charge >= 0.3 is 0 Å². The average molecular weight is 527 g/mol. The molecule has 3 heteroatoms. The maximum Gasteiger partial charge on any atom is 0.150 e. The third kappa shape index (κ3) is 4.64. The first-order valence-corrected chi connectivity index (χ1v) is 13.7. The molecule has 0 saturated carbocycles. The number of hydrogen-bond acceptors (Lipinski definition) is 3. The Morgan fingerprint density at radius 3 is 1.49 bits per heavy atom. The average Bonchev–Trinajstić information content (AvgIpc) is 3.05. The van der Waals surface area contributed by atoms with Crippen LogP contribution in [-0.4, -0.2) is 11.3 Å². The van der Waals surface area contributed by atoms with Gasteiger partial charge in [-0.05, 0) is 111 Å². The molecular weight excluding hydrogens is 500 g/mol. The summed E-state index contributed by atoms with van der Waals surface area (Å²) in [7, 11) is 0. The molecule has 0 radical (unpaired) electrons. The van der Waals surface area contributed by atoms with Gasteiger partial charge in [0.25, 0.3) is 0 Å². The molecule has 41 heavy (non-hydrogen) atoms. The number of carbonyl (C=O) groups excluding carboxylic acids is 1. The summed E-state index contributed by atoms with van der Waals surface area (Å²) >= 11 is 0. The van der Waals surface area contributed by atoms with Crippen LogP contribution in [-0.2, 0) is 0 Å². The number of fused-ring (bicyclic) bond motifs is 2. The molecule has 0 aliphatic carbocycles. The Kier molecular flexibility index (Phi) is 6.31. The Balaban J connectivity index is 1.34. The highest BCUT2D eigenvalue weighted by Gasteiger charge is 2.15. The lowest BCUT2D eigenvalue weighted by Gasteiger charge is -2.26. The molecule has 0 saturated heterocycles. The zero-order valence-electron chi connectivity index (χ0n) is 22.3. The number of rotatable bonds is 6. The smallest absolute Gasteiger partial charge is 0.150 e. The standard InChI is InChI=1S/C38H26N2O/c41-26-27-9-15-33(16-10-27)40(34-17-11-28(12-18-34)29-21-23-39-24-22-29)35-19-13-30(14-20-35)38-36-7-3-1-5-31(36)25-32-6-2-4-8-37(32)38/h1-26H. The van der Waals surface area contributed by atoms with Gasteiger partial charge in [-0.15, -0.1) is 0 Å². The first kappa shape index (κ1) is 24.5. The quantitative estimate of drug-likeness (QED) is 0.160. The summed E-state index contributed by atoms with van der Waals surface area (Å²) < 4.78 is 0. The van der Waals surface area contributed by atoms with Crippen molar-refractivity contribution in [2.24, 2.45) is 0 Å². The van der Waals surface area contributed by atoms with Crippen LogP contribution in [0.3, 0.4) is 0 Å². The summed E-state index contributed by atoms with van der Waals surface area (Å²) in [6, 6.07) is 48.5. The van der Waals surface area contributed by atoms with Crippen molar-refractivity contribution in [2.75, 3.05) is 4.90 Å². The van der Waals surface area contributed by atoms with E-state index in [0.29, 0.717) is 5.56 Å². The molecular formula is C38H26N2O. The van der Waals surface area contributed by atoms with E-state index < -0.39 is 0 Å². The number of carbonyl (C=O) groups is 1. The van der Waals surface area contributed by atoms with Crippen LogP contribution in [0.4, 0.5) is 17.1 Å². The monoisotopic (exact) mass is 526 g/mol. The van der Waals surface area contributed by atoms with Crippen molar-refractivity contribution in [3.05, 3.63) is 157 Å². The molecule has 1 heterocycles. The van der Waals surface area contributed by atoms with Gasteiger partial charge in [0.05, 0.1) is 0 Å². The van der Waals surface area contributed by atoms with E-state index in [0.717, 1.165) is 34.5 Å². The van der Waals surface area contributed by atoms with Gasteiger partial charge in [0.15, 0.2) is 0 Å². The molecule has 6 aromatic carbocycles. The van der Waals surface area contributed by atoms with Crippen LogP contribution in [0.1, 0.15) is 10.4 Å². The largest absolute Gasteiger partial charge is 0.311 e. The predicted molar refractivity (Wildman–Crippen MR) is 170 cm³/mol. The third-order valence-electron chi connectivity index (χ3n) is 7.61. The minimum Gasteiger partial charge on any atom is -0.311 e. The van der Waals surface area contributed by atoms with Crippen molar-refractivity contribution in [3.63, 3.8) is 0 Å². The minimum absolute atomic E-state index is 0.653. The summed E-state index contributed by atoms with van der Waals surface area (Å²) in [4.78, 5) is 17.7. The van der Waals surface area contributed by atoms with Crippen molar-refractivity contribution in [1.82, 2.24) is 4.98 Å². The number of benzene rings is 6. The van der Waals surface area contributed by atoms with Crippen molar-refractivity contribution in [3.8, 4) is 22.3 Å². The molecule has 0 amide bonds. The number of nitrogens with zero attached hydrogens (tertiary/aromatic N) is 2. The van der Waals surface area contributed by atoms with Crippen molar-refractivity contribution >= 4 is 44.9 Å². The summed E-state index contributed by atoms with van der Waals surface area (Å²) in [5, 5.41) is 4.95. The fourth-order valence-electron chi connectivity index (χ4n) is 5.60. The van der Waals surface area contributed by atoms with Crippen LogP contribution in [0, 0.1) is 0 Å². The Morgan fingerprint density at radius 2 is 0.951 bits per heavy atom. The summed E-state index contributed by atoms with van der Waals surface area (Å²) in [5.74, 6) is 0. The molecule has 0 unspecified atom stereocenters. The van der Waals surface area contributed by atoms with Crippen LogP contribution in [0.25, 0.3) is 43.8 Å². The van der Waals surface area contributed by atoms with E-state index in [2.05, 4.69) is 113 Å². The van der Waals surface area contributed by atoms with Crippen LogP contribution in [0.15, 0.2) is 152 Å². The summed E-state index contributed by atoms with van der Waals surface area (Å²) in [5.41, 5.74) is 8.37. The summed E-state index contributed by atoms with van der Waals surface area (Å²) in [6.07, 6.45) is 4.50. The van der Waals surface area contributed by atoms with E-state index in [1.54, 1.807) is 0 Å². The highest BCUT2D eigenvalue weighted by atomic mass is 16.1. The lowest BCUT2D eigenvalue weighted by atomic mass is 9.92. The highest BCUT2D eigenvalue weighted by Crippen LogP contribution is 2.40. The van der Waals surface area contributed by atoms with E-state index in [4.69, 9.17) is 0 Å². The van der Waals surface area contributed by atoms with Gasteiger partial charge in [-0.1, -0.05) is 72.8 Å². The SMILES string of the molecule is O=Cc1ccc(N(c2ccc(-c3ccncc3)cc2)c2ccc(-c3c4ccccc4cc4ccccc34)cc2)cc1. The molecule has 0 fully saturated rings. The van der Waals surface area contributed by atoms with E-state index in [9.17, 15) is 4.79 Å². The zero-order chi connectivity index (χ0) is 27.6. The second-order valence-electron chi connectivity index (χ2n) is 10.1. The molecule has 3 nitrogen and oxygen atoms in total. The number of aldehydes is 1. The molecule has 7 aromatic rings. The van der Waals surface area contributed by atoms with Gasteiger partial charge in [-0.25, -0.2) is 0 Å². The molecule has 194 valence electrons. The van der Waals surface area contributed by atoms with Crippen LogP contribution in [0.2, 0.25) is 0 Å². The van der Waals surface area contributed by atoms with Gasteiger partial charge in [0.2, 0.25) is 0 Å². The van der Waals surface area contributed by atoms with Gasteiger partial charge in [0.1, 0.15) is 6.29 Å². The van der Waals surface area contributed by atoms with Gasteiger partial charge in [-0.2, -0.15) is 0 Å². The Bertz CT molecular complexity index is 1920. The van der Waals surface area contributed by atoms with E-state index >= 15 is 0 Å². The predicted octanol–water partition coefficient (Wildman–Crippen LogP) is 10.0. The van der Waals surface area contributed by atoms with Crippen molar-refractivity contribution in [2.45, 2.75) is 0 Å². The number of pyridine rings is 1. The fourth-order valence-corrected chi connectivity index (χ4v) is 5.60. The van der Waals surface area contributed by atoms with E-state index in [1.807, 2.05) is 48.8 Å². The number of hydrogen-bond donors (Lipinski definition) is 0. The molecule has 0 spiro atoms. The Morgan fingerprint density at radius 1 is 0.488 bits per heavy atom. The minimum atomic E-state index is 0.653. The normalized spacial score (nSPS) is 11.0. The highest BCUT2D eigenvalue weighted by molar-refractivity contribution is 6.12. The molecule has 7 rings (SSSR count). The van der Waals surface area contributed by atoms with E-state index in [-0.39, 0.29) is 0 Å². The molecule has 0 N–H and O–H groups in total. The Labute approximate surface area is 239 Å². The van der Waals surface area contributed by atoms with Gasteiger partial charge in [0, 0.05) is 35.0 Å². The molecule has 0 aliphatic heterocycles. The maximum absolute atomic E-state index is 11.3. The van der Waals surface area contributed by atoms with Crippen LogP contribution in [0.5, 0.6) is 0 Å². The lowest BCUT2D eigenvalue weighted by Crippen LogP contribution is -2.10. The topological polar surface area (TPSA) is 33.2 Å². The van der Waals surface area contributed by atoms with E-state index in [1.165, 1.54) is 32.7 Å². The van der Waals surface area contributed by atoms with Crippen LogP contribution >= 0.6 is 0 Å². The van der Waals surface area contributed by atoms with Gasteiger partial charge < -0.3 is 4.90 Å². The maximum atomic E-state index is 11.3. The third-order valence-corrected chi connectivity index (χ3v) is 7.61. The molecule has 1 aromatic heterocycles. The second-order valence-corrected chi connectivity index (χ2v) is 10.1. The summed E-state index contributed by atoms with van der Waals surface area (Å²) in [6.45, 7) is 0. The molecule has 0 aliphatic rings. The fraction of sp³-hybridized carbons (Fsp3) is 0. The second kappa shape index (κ2) is 10.6.